The van der Waals surface area contributed by atoms with Crippen LogP contribution in [-0.2, 0) is 16.1 Å². The van der Waals surface area contributed by atoms with Gasteiger partial charge in [-0.3, -0.25) is 0 Å². The Kier molecular flexibility index (Phi) is 2.72. The van der Waals surface area contributed by atoms with E-state index in [-0.39, 0.29) is 11.0 Å². The molecule has 1 aromatic carbocycles. The van der Waals surface area contributed by atoms with Crippen LogP contribution >= 0.6 is 0 Å². The highest BCUT2D eigenvalue weighted by Crippen LogP contribution is 2.35. The summed E-state index contributed by atoms with van der Waals surface area (Å²) in [5.74, 6) is -2.81. The Morgan fingerprint density at radius 2 is 2.12 bits per heavy atom. The van der Waals surface area contributed by atoms with Crippen LogP contribution in [0.5, 0.6) is 0 Å². The molecule has 1 saturated heterocycles. The zero-order valence-electron chi connectivity index (χ0n) is 9.17. The summed E-state index contributed by atoms with van der Waals surface area (Å²) in [6.07, 6.45) is 0. The molecule has 16 heavy (non-hydrogen) atoms. The van der Waals surface area contributed by atoms with Gasteiger partial charge >= 0.3 is 0 Å². The minimum Gasteiger partial charge on any atom is -0.379 e. The van der Waals surface area contributed by atoms with Gasteiger partial charge in [0.25, 0.3) is 5.92 Å². The van der Waals surface area contributed by atoms with Gasteiger partial charge in [0, 0.05) is 19.0 Å². The smallest absolute Gasteiger partial charge is 0.270 e. The van der Waals surface area contributed by atoms with Gasteiger partial charge in [0.05, 0.1) is 18.6 Å². The first-order chi connectivity index (χ1) is 7.48. The zero-order chi connectivity index (χ0) is 11.8. The molecule has 88 valence electrons. The van der Waals surface area contributed by atoms with Crippen molar-refractivity contribution in [3.05, 3.63) is 35.4 Å². The third-order valence-electron chi connectivity index (χ3n) is 3.13. The summed E-state index contributed by atoms with van der Waals surface area (Å²) >= 11 is 0. The lowest BCUT2D eigenvalue weighted by Gasteiger charge is -2.41. The van der Waals surface area contributed by atoms with Crippen molar-refractivity contribution >= 4 is 0 Å². The molecule has 1 fully saturated rings. The van der Waals surface area contributed by atoms with Crippen LogP contribution in [0.25, 0.3) is 0 Å². The summed E-state index contributed by atoms with van der Waals surface area (Å²) in [4.78, 5) is 0. The Hall–Kier alpha value is -1.00. The van der Waals surface area contributed by atoms with Crippen LogP contribution in [0, 0.1) is 0 Å². The van der Waals surface area contributed by atoms with Crippen LogP contribution < -0.4 is 5.73 Å². The quantitative estimate of drug-likeness (QED) is 0.857. The Morgan fingerprint density at radius 1 is 1.44 bits per heavy atom. The first-order valence-corrected chi connectivity index (χ1v) is 5.25. The fourth-order valence-corrected chi connectivity index (χ4v) is 1.87. The molecule has 4 heteroatoms. The normalized spacial score (nSPS) is 19.2. The predicted molar refractivity (Wildman–Crippen MR) is 57.6 cm³/mol. The number of nitrogens with two attached hydrogens (primary N) is 1. The first kappa shape index (κ1) is 11.5. The third kappa shape index (κ3) is 1.83. The van der Waals surface area contributed by atoms with Gasteiger partial charge in [-0.25, -0.2) is 8.78 Å². The lowest BCUT2D eigenvalue weighted by Crippen LogP contribution is -2.52. The molecule has 0 atom stereocenters. The van der Waals surface area contributed by atoms with Crippen LogP contribution in [0.15, 0.2) is 24.3 Å². The average molecular weight is 227 g/mol. The van der Waals surface area contributed by atoms with E-state index in [4.69, 9.17) is 10.5 Å². The Balaban J connectivity index is 2.36. The van der Waals surface area contributed by atoms with Gasteiger partial charge in [-0.2, -0.15) is 0 Å². The topological polar surface area (TPSA) is 35.2 Å². The number of benzene rings is 1. The number of rotatable bonds is 3. The van der Waals surface area contributed by atoms with Crippen LogP contribution in [0.3, 0.4) is 0 Å². The monoisotopic (exact) mass is 227 g/mol. The highest BCUT2D eigenvalue weighted by molar-refractivity contribution is 5.34. The van der Waals surface area contributed by atoms with Gasteiger partial charge in [-0.15, -0.1) is 0 Å². The standard InChI is InChI=1S/C12H15F2NO/c1-11(13,14)9-3-2-4-10(5-9)12(6-15)7-16-8-12/h2-5H,6-8,15H2,1H3. The van der Waals surface area contributed by atoms with E-state index in [1.54, 1.807) is 6.07 Å². The molecule has 0 spiro atoms. The Morgan fingerprint density at radius 3 is 2.56 bits per heavy atom. The summed E-state index contributed by atoms with van der Waals surface area (Å²) in [5, 5.41) is 0. The predicted octanol–water partition coefficient (Wildman–Crippen LogP) is 2.02. The third-order valence-corrected chi connectivity index (χ3v) is 3.13. The number of hydrogen-bond donors (Lipinski definition) is 1. The molecule has 0 unspecified atom stereocenters. The summed E-state index contributed by atoms with van der Waals surface area (Å²) < 4.78 is 31.5. The van der Waals surface area contributed by atoms with E-state index in [0.717, 1.165) is 12.5 Å². The highest BCUT2D eigenvalue weighted by Gasteiger charge is 2.39. The van der Waals surface area contributed by atoms with Crippen LogP contribution in [0.2, 0.25) is 0 Å². The average Bonchev–Trinajstić information content (AvgIpc) is 2.16. The summed E-state index contributed by atoms with van der Waals surface area (Å²) in [6, 6.07) is 6.46. The van der Waals surface area contributed by atoms with Gasteiger partial charge in [0.1, 0.15) is 0 Å². The van der Waals surface area contributed by atoms with Gasteiger partial charge in [-0.05, 0) is 11.6 Å². The van der Waals surface area contributed by atoms with Gasteiger partial charge < -0.3 is 10.5 Å². The maximum absolute atomic E-state index is 13.2. The Bertz CT molecular complexity index is 377. The molecule has 1 heterocycles. The minimum absolute atomic E-state index is 0.0322. The molecular weight excluding hydrogens is 212 g/mol. The molecule has 0 radical (unpaired) electrons. The number of halogens is 2. The van der Waals surface area contributed by atoms with E-state index < -0.39 is 5.92 Å². The lowest BCUT2D eigenvalue weighted by atomic mass is 9.78. The van der Waals surface area contributed by atoms with Crippen molar-refractivity contribution in [2.75, 3.05) is 19.8 Å². The molecule has 1 aliphatic rings. The van der Waals surface area contributed by atoms with Crippen molar-refractivity contribution in [2.24, 2.45) is 5.73 Å². The fraction of sp³-hybridized carbons (Fsp3) is 0.500. The maximum atomic E-state index is 13.2. The SMILES string of the molecule is CC(F)(F)c1cccc(C2(CN)COC2)c1. The van der Waals surface area contributed by atoms with Crippen LogP contribution in [0.1, 0.15) is 18.1 Å². The van der Waals surface area contributed by atoms with Gasteiger partial charge in [0.15, 0.2) is 0 Å². The second-order valence-electron chi connectivity index (χ2n) is 4.45. The number of ether oxygens (including phenoxy) is 1. The van der Waals surface area contributed by atoms with E-state index in [1.165, 1.54) is 12.1 Å². The molecule has 0 aliphatic carbocycles. The van der Waals surface area contributed by atoms with E-state index in [2.05, 4.69) is 0 Å². The zero-order valence-corrected chi connectivity index (χ0v) is 9.17. The fourth-order valence-electron chi connectivity index (χ4n) is 1.87. The molecule has 2 nitrogen and oxygen atoms in total. The van der Waals surface area contributed by atoms with Crippen LogP contribution in [0.4, 0.5) is 8.78 Å². The summed E-state index contributed by atoms with van der Waals surface area (Å²) in [5.41, 5.74) is 6.31. The van der Waals surface area contributed by atoms with Gasteiger partial charge in [0.2, 0.25) is 0 Å². The molecule has 2 rings (SSSR count). The molecule has 0 amide bonds. The van der Waals surface area contributed by atoms with Gasteiger partial charge in [-0.1, -0.05) is 18.2 Å². The summed E-state index contributed by atoms with van der Waals surface area (Å²) in [6.45, 7) is 2.36. The van der Waals surface area contributed by atoms with E-state index in [9.17, 15) is 8.78 Å². The van der Waals surface area contributed by atoms with Crippen molar-refractivity contribution in [1.29, 1.82) is 0 Å². The molecule has 1 aliphatic heterocycles. The molecular formula is C12H15F2NO. The number of alkyl halides is 2. The van der Waals surface area contributed by atoms with Crippen molar-refractivity contribution < 1.29 is 13.5 Å². The lowest BCUT2D eigenvalue weighted by molar-refractivity contribution is -0.0553. The minimum atomic E-state index is -2.81. The van der Waals surface area contributed by atoms with Crippen molar-refractivity contribution in [2.45, 2.75) is 18.3 Å². The van der Waals surface area contributed by atoms with Crippen LogP contribution in [-0.4, -0.2) is 19.8 Å². The second-order valence-corrected chi connectivity index (χ2v) is 4.45. The molecule has 2 N–H and O–H groups in total. The maximum Gasteiger partial charge on any atom is 0.270 e. The first-order valence-electron chi connectivity index (χ1n) is 5.25. The molecule has 0 saturated carbocycles. The molecule has 0 aromatic heterocycles. The van der Waals surface area contributed by atoms with Crippen molar-refractivity contribution in [3.8, 4) is 0 Å². The highest BCUT2D eigenvalue weighted by atomic mass is 19.3. The molecule has 0 bridgehead atoms. The van der Waals surface area contributed by atoms with Crippen molar-refractivity contribution in [1.82, 2.24) is 0 Å². The summed E-state index contributed by atoms with van der Waals surface area (Å²) in [7, 11) is 0. The Labute approximate surface area is 93.4 Å². The van der Waals surface area contributed by atoms with Crippen molar-refractivity contribution in [3.63, 3.8) is 0 Å². The molecule has 1 aromatic rings. The second kappa shape index (κ2) is 3.79. The number of hydrogen-bond acceptors (Lipinski definition) is 2. The van der Waals surface area contributed by atoms with E-state index >= 15 is 0 Å². The largest absolute Gasteiger partial charge is 0.379 e. The van der Waals surface area contributed by atoms with E-state index in [0.29, 0.717) is 19.8 Å². The van der Waals surface area contributed by atoms with E-state index in [1.807, 2.05) is 6.07 Å².